The number of hydrogen-bond donors (Lipinski definition) is 1. The van der Waals surface area contributed by atoms with Crippen LogP contribution in [0.5, 0.6) is 11.5 Å². The Labute approximate surface area is 186 Å². The number of likely N-dealkylation sites (tertiary alicyclic amines) is 1. The number of nitrogens with zero attached hydrogens (tertiary/aromatic N) is 1. The highest BCUT2D eigenvalue weighted by Crippen LogP contribution is 2.39. The minimum absolute atomic E-state index is 0.00776. The molecule has 0 radical (unpaired) electrons. The summed E-state index contributed by atoms with van der Waals surface area (Å²) >= 11 is 0. The maximum Gasteiger partial charge on any atom is 0.419 e. The standard InChI is InChI=1S/C22H27F3N2O4S/c1-13-10-19(30-5)14(2)15(3)21(13)32(28,29)26-16-6-7-18(22(23,24)25)20(11-16)31-17-8-9-27(4)12-17/h6-7,10-11,17,26H,8-9,12H2,1-5H3/t17-/m1/s1. The van der Waals surface area contributed by atoms with Crippen LogP contribution in [0, 0.1) is 20.8 Å². The van der Waals surface area contributed by atoms with Crippen LogP contribution in [-0.4, -0.2) is 46.7 Å². The van der Waals surface area contributed by atoms with Crippen LogP contribution < -0.4 is 14.2 Å². The molecule has 10 heteroatoms. The Morgan fingerprint density at radius 3 is 2.34 bits per heavy atom. The number of sulfonamides is 1. The quantitative estimate of drug-likeness (QED) is 0.670. The molecular weight excluding hydrogens is 445 g/mol. The number of nitrogens with one attached hydrogen (secondary N) is 1. The zero-order valence-corrected chi connectivity index (χ0v) is 19.4. The molecule has 32 heavy (non-hydrogen) atoms. The fourth-order valence-corrected chi connectivity index (χ4v) is 5.52. The number of rotatable bonds is 6. The van der Waals surface area contributed by atoms with E-state index in [2.05, 4.69) is 4.72 Å². The van der Waals surface area contributed by atoms with Crippen molar-refractivity contribution in [2.75, 3.05) is 32.0 Å². The molecule has 0 aromatic heterocycles. The van der Waals surface area contributed by atoms with E-state index in [9.17, 15) is 21.6 Å². The third kappa shape index (κ3) is 4.96. The average Bonchev–Trinajstić information content (AvgIpc) is 3.08. The van der Waals surface area contributed by atoms with Crippen LogP contribution in [0.1, 0.15) is 28.7 Å². The van der Waals surface area contributed by atoms with Crippen molar-refractivity contribution in [3.63, 3.8) is 0 Å². The Kier molecular flexibility index (Phi) is 6.67. The molecule has 6 nitrogen and oxygen atoms in total. The van der Waals surface area contributed by atoms with E-state index >= 15 is 0 Å². The van der Waals surface area contributed by atoms with Gasteiger partial charge in [0.2, 0.25) is 0 Å². The van der Waals surface area contributed by atoms with Crippen LogP contribution in [-0.2, 0) is 16.2 Å². The number of ether oxygens (including phenoxy) is 2. The third-order valence-corrected chi connectivity index (χ3v) is 7.32. The summed E-state index contributed by atoms with van der Waals surface area (Å²) < 4.78 is 80.2. The van der Waals surface area contributed by atoms with Gasteiger partial charge >= 0.3 is 6.18 Å². The Balaban J connectivity index is 1.98. The molecule has 2 aromatic carbocycles. The van der Waals surface area contributed by atoms with Crippen LogP contribution in [0.3, 0.4) is 0 Å². The normalized spacial score (nSPS) is 17.4. The Bertz CT molecular complexity index is 1120. The summed E-state index contributed by atoms with van der Waals surface area (Å²) in [6.45, 7) is 6.26. The lowest BCUT2D eigenvalue weighted by atomic mass is 10.1. The molecule has 0 unspecified atom stereocenters. The average molecular weight is 473 g/mol. The van der Waals surface area contributed by atoms with Gasteiger partial charge in [0.05, 0.1) is 23.3 Å². The summed E-state index contributed by atoms with van der Waals surface area (Å²) in [5.41, 5.74) is 0.691. The van der Waals surface area contributed by atoms with E-state index in [0.717, 1.165) is 18.2 Å². The molecule has 0 bridgehead atoms. The number of halogens is 3. The molecule has 1 saturated heterocycles. The van der Waals surface area contributed by atoms with E-state index in [-0.39, 0.29) is 10.6 Å². The molecule has 1 aliphatic rings. The monoisotopic (exact) mass is 472 g/mol. The van der Waals surface area contributed by atoms with Crippen molar-refractivity contribution in [2.45, 2.75) is 44.4 Å². The van der Waals surface area contributed by atoms with Crippen molar-refractivity contribution in [1.29, 1.82) is 0 Å². The van der Waals surface area contributed by atoms with Crippen molar-refractivity contribution in [3.05, 3.63) is 46.5 Å². The molecule has 0 amide bonds. The zero-order valence-electron chi connectivity index (χ0n) is 18.6. The number of alkyl halides is 3. The predicted molar refractivity (Wildman–Crippen MR) is 116 cm³/mol. The van der Waals surface area contributed by atoms with Gasteiger partial charge in [0, 0.05) is 19.2 Å². The van der Waals surface area contributed by atoms with Gasteiger partial charge in [-0.1, -0.05) is 0 Å². The highest BCUT2D eigenvalue weighted by Gasteiger charge is 2.36. The summed E-state index contributed by atoms with van der Waals surface area (Å²) in [5.74, 6) is 0.169. The topological polar surface area (TPSA) is 67.9 Å². The second kappa shape index (κ2) is 8.82. The summed E-state index contributed by atoms with van der Waals surface area (Å²) in [5, 5.41) is 0. The van der Waals surface area contributed by atoms with Crippen molar-refractivity contribution >= 4 is 15.7 Å². The van der Waals surface area contributed by atoms with Crippen molar-refractivity contribution < 1.29 is 31.1 Å². The maximum atomic E-state index is 13.5. The van der Waals surface area contributed by atoms with Gasteiger partial charge in [-0.15, -0.1) is 0 Å². The van der Waals surface area contributed by atoms with Gasteiger partial charge in [-0.2, -0.15) is 13.2 Å². The van der Waals surface area contributed by atoms with Crippen LogP contribution in [0.2, 0.25) is 0 Å². The van der Waals surface area contributed by atoms with Gasteiger partial charge in [-0.05, 0) is 69.1 Å². The van der Waals surface area contributed by atoms with Crippen LogP contribution in [0.15, 0.2) is 29.2 Å². The maximum absolute atomic E-state index is 13.5. The molecule has 3 rings (SSSR count). The molecule has 2 aromatic rings. The predicted octanol–water partition coefficient (Wildman–Crippen LogP) is 4.52. The lowest BCUT2D eigenvalue weighted by Gasteiger charge is -2.20. The van der Waals surface area contributed by atoms with Crippen LogP contribution >= 0.6 is 0 Å². The molecule has 0 aliphatic carbocycles. The summed E-state index contributed by atoms with van der Waals surface area (Å²) in [7, 11) is -0.713. The zero-order chi connectivity index (χ0) is 23.8. The van der Waals surface area contributed by atoms with Crippen LogP contribution in [0.4, 0.5) is 18.9 Å². The van der Waals surface area contributed by atoms with E-state index in [4.69, 9.17) is 9.47 Å². The molecule has 1 atom stereocenters. The van der Waals surface area contributed by atoms with Crippen molar-refractivity contribution in [3.8, 4) is 11.5 Å². The van der Waals surface area contributed by atoms with E-state index in [1.807, 2.05) is 11.9 Å². The van der Waals surface area contributed by atoms with Crippen molar-refractivity contribution in [1.82, 2.24) is 4.90 Å². The van der Waals surface area contributed by atoms with Gasteiger partial charge in [0.25, 0.3) is 10.0 Å². The van der Waals surface area contributed by atoms with E-state index in [1.165, 1.54) is 7.11 Å². The molecule has 1 N–H and O–H groups in total. The van der Waals surface area contributed by atoms with Gasteiger partial charge in [-0.25, -0.2) is 8.42 Å². The lowest BCUT2D eigenvalue weighted by molar-refractivity contribution is -0.139. The van der Waals surface area contributed by atoms with Gasteiger partial charge in [0.15, 0.2) is 0 Å². The largest absolute Gasteiger partial charge is 0.496 e. The summed E-state index contributed by atoms with van der Waals surface area (Å²) in [6.07, 6.45) is -4.44. The summed E-state index contributed by atoms with van der Waals surface area (Å²) in [6, 6.07) is 4.65. The SMILES string of the molecule is COc1cc(C)c(S(=O)(=O)Nc2ccc(C(F)(F)F)c(O[C@@H]3CCN(C)C3)c2)c(C)c1C. The van der Waals surface area contributed by atoms with Gasteiger partial charge < -0.3 is 14.4 Å². The molecule has 176 valence electrons. The molecule has 0 saturated carbocycles. The van der Waals surface area contributed by atoms with Gasteiger partial charge in [-0.3, -0.25) is 4.72 Å². The number of anilines is 1. The first-order chi connectivity index (χ1) is 14.8. The minimum atomic E-state index is -4.63. The van der Waals surface area contributed by atoms with Crippen molar-refractivity contribution in [2.24, 2.45) is 0 Å². The van der Waals surface area contributed by atoms with E-state index in [0.29, 0.717) is 42.0 Å². The number of hydrogen-bond acceptors (Lipinski definition) is 5. The fraction of sp³-hybridized carbons (Fsp3) is 0.455. The third-order valence-electron chi connectivity index (χ3n) is 5.65. The summed E-state index contributed by atoms with van der Waals surface area (Å²) in [4.78, 5) is 2.03. The van der Waals surface area contributed by atoms with E-state index in [1.54, 1.807) is 26.8 Å². The van der Waals surface area contributed by atoms with Gasteiger partial charge in [0.1, 0.15) is 17.6 Å². The Hall–Kier alpha value is -2.46. The second-order valence-electron chi connectivity index (χ2n) is 8.08. The highest BCUT2D eigenvalue weighted by molar-refractivity contribution is 7.92. The number of benzene rings is 2. The van der Waals surface area contributed by atoms with E-state index < -0.39 is 33.6 Å². The first kappa shape index (κ1) is 24.2. The first-order valence-corrected chi connectivity index (χ1v) is 11.6. The molecule has 1 fully saturated rings. The lowest BCUT2D eigenvalue weighted by Crippen LogP contribution is -2.23. The molecule has 1 aliphatic heterocycles. The number of methoxy groups -OCH3 is 1. The Morgan fingerprint density at radius 2 is 1.78 bits per heavy atom. The minimum Gasteiger partial charge on any atom is -0.496 e. The Morgan fingerprint density at radius 1 is 1.09 bits per heavy atom. The first-order valence-electron chi connectivity index (χ1n) is 10.1. The van der Waals surface area contributed by atoms with Crippen LogP contribution in [0.25, 0.3) is 0 Å². The smallest absolute Gasteiger partial charge is 0.419 e. The number of likely N-dealkylation sites (N-methyl/N-ethyl adjacent to an activating group) is 1. The molecule has 1 heterocycles. The highest BCUT2D eigenvalue weighted by atomic mass is 32.2. The number of aryl methyl sites for hydroxylation is 1. The fourth-order valence-electron chi connectivity index (χ4n) is 3.94. The second-order valence-corrected chi connectivity index (χ2v) is 9.70. The molecular formula is C22H27F3N2O4S. The molecule has 0 spiro atoms.